The maximum absolute atomic E-state index is 10.9. The first kappa shape index (κ1) is 15.4. The Morgan fingerprint density at radius 1 is 1.27 bits per heavy atom. The minimum atomic E-state index is -0.987. The van der Waals surface area contributed by atoms with E-state index in [0.29, 0.717) is 0 Å². The van der Waals surface area contributed by atoms with Crippen LogP contribution in [0.4, 0.5) is 4.79 Å². The van der Waals surface area contributed by atoms with Crippen LogP contribution in [0.2, 0.25) is 0 Å². The summed E-state index contributed by atoms with van der Waals surface area (Å²) in [4.78, 5) is 10.9. The van der Waals surface area contributed by atoms with Gasteiger partial charge in [-0.05, 0) is 57.1 Å². The van der Waals surface area contributed by atoms with Crippen LogP contribution in [0.1, 0.15) is 51.3 Å². The van der Waals surface area contributed by atoms with Crippen molar-refractivity contribution in [1.29, 1.82) is 0 Å². The highest BCUT2D eigenvalue weighted by Crippen LogP contribution is 2.38. The average Bonchev–Trinajstić information content (AvgIpc) is 2.88. The molecule has 5 nitrogen and oxygen atoms in total. The first-order valence-corrected chi connectivity index (χ1v) is 7.68. The summed E-state index contributed by atoms with van der Waals surface area (Å²) in [5, 5.41) is 11.5. The van der Waals surface area contributed by atoms with E-state index >= 15 is 0 Å². The molecule has 118 valence electrons. The zero-order valence-electron chi connectivity index (χ0n) is 13.5. The molecule has 0 bridgehead atoms. The van der Waals surface area contributed by atoms with Gasteiger partial charge in [0.05, 0.1) is 17.2 Å². The molecule has 1 saturated heterocycles. The number of amides is 1. The molecule has 0 unspecified atom stereocenters. The van der Waals surface area contributed by atoms with Gasteiger partial charge in [0.2, 0.25) is 0 Å². The molecule has 22 heavy (non-hydrogen) atoms. The van der Waals surface area contributed by atoms with Gasteiger partial charge in [-0.3, -0.25) is 0 Å². The first-order chi connectivity index (χ1) is 10.2. The molecule has 1 aromatic carbocycles. The third-order valence-electron chi connectivity index (χ3n) is 5.11. The van der Waals surface area contributed by atoms with E-state index in [1.165, 1.54) is 0 Å². The Labute approximate surface area is 131 Å². The second-order valence-corrected chi connectivity index (χ2v) is 7.04. The monoisotopic (exact) mass is 303 g/mol. The van der Waals surface area contributed by atoms with E-state index in [2.05, 4.69) is 5.32 Å². The van der Waals surface area contributed by atoms with Gasteiger partial charge in [0, 0.05) is 0 Å². The number of fused-ring (bicyclic) bond motifs is 1. The van der Waals surface area contributed by atoms with Crippen molar-refractivity contribution in [2.45, 2.75) is 57.8 Å². The molecule has 1 heterocycles. The van der Waals surface area contributed by atoms with E-state index in [0.717, 1.165) is 29.4 Å². The van der Waals surface area contributed by atoms with Crippen LogP contribution >= 0.6 is 0 Å². The van der Waals surface area contributed by atoms with E-state index in [-0.39, 0.29) is 17.2 Å². The Balaban J connectivity index is 1.92. The fourth-order valence-electron chi connectivity index (χ4n) is 3.17. The maximum Gasteiger partial charge on any atom is 0.495 e. The minimum absolute atomic E-state index is 0.144. The standard InChI is InChI=1S/C16H22BNO4/c1-15(2)16(3,4)22-17(21-15)12-7-5-6-11-10(12)8-9-13(11)18-14(19)20/h5-7,13,18H,8-9H2,1-4H3,(H,19,20)/t13-/m1/s1. The Kier molecular flexibility index (Phi) is 3.49. The van der Waals surface area contributed by atoms with Crippen molar-refractivity contribution < 1.29 is 19.2 Å². The van der Waals surface area contributed by atoms with Gasteiger partial charge in [0.25, 0.3) is 0 Å². The van der Waals surface area contributed by atoms with E-state index in [4.69, 9.17) is 14.4 Å². The summed E-state index contributed by atoms with van der Waals surface area (Å²) in [5.74, 6) is 0. The minimum Gasteiger partial charge on any atom is -0.465 e. The molecular formula is C16H22BNO4. The SMILES string of the molecule is CC1(C)OB(c2cccc3c2CC[C@H]3NC(=O)O)OC1(C)C. The summed E-state index contributed by atoms with van der Waals surface area (Å²) < 4.78 is 12.3. The van der Waals surface area contributed by atoms with E-state index < -0.39 is 13.2 Å². The molecule has 0 saturated carbocycles. The van der Waals surface area contributed by atoms with Crippen LogP contribution < -0.4 is 10.8 Å². The summed E-state index contributed by atoms with van der Waals surface area (Å²) in [6, 6.07) is 5.80. The highest BCUT2D eigenvalue weighted by molar-refractivity contribution is 6.62. The van der Waals surface area contributed by atoms with Gasteiger partial charge >= 0.3 is 13.2 Å². The van der Waals surface area contributed by atoms with Crippen molar-refractivity contribution in [3.8, 4) is 0 Å². The van der Waals surface area contributed by atoms with Crippen LogP contribution in [-0.4, -0.2) is 29.5 Å². The van der Waals surface area contributed by atoms with Gasteiger partial charge in [0.15, 0.2) is 0 Å². The molecule has 2 N–H and O–H groups in total. The highest BCUT2D eigenvalue weighted by Gasteiger charge is 2.52. The molecule has 1 fully saturated rings. The normalized spacial score (nSPS) is 25.1. The van der Waals surface area contributed by atoms with Crippen molar-refractivity contribution in [2.75, 3.05) is 0 Å². The fraction of sp³-hybridized carbons (Fsp3) is 0.562. The highest BCUT2D eigenvalue weighted by atomic mass is 16.7. The molecule has 2 aliphatic rings. The van der Waals surface area contributed by atoms with Gasteiger partial charge in [-0.15, -0.1) is 0 Å². The molecule has 1 atom stereocenters. The summed E-state index contributed by atoms with van der Waals surface area (Å²) in [6.07, 6.45) is 0.623. The lowest BCUT2D eigenvalue weighted by Gasteiger charge is -2.32. The number of nitrogens with one attached hydrogen (secondary N) is 1. The third kappa shape index (κ3) is 2.40. The van der Waals surface area contributed by atoms with Crippen molar-refractivity contribution in [1.82, 2.24) is 5.32 Å². The van der Waals surface area contributed by atoms with Gasteiger partial charge in [-0.1, -0.05) is 18.2 Å². The second kappa shape index (κ2) is 5.00. The number of carbonyl (C=O) groups is 1. The van der Waals surface area contributed by atoms with Crippen molar-refractivity contribution >= 4 is 18.7 Å². The zero-order chi connectivity index (χ0) is 16.1. The molecule has 1 aliphatic carbocycles. The smallest absolute Gasteiger partial charge is 0.465 e. The van der Waals surface area contributed by atoms with Crippen molar-refractivity contribution in [2.24, 2.45) is 0 Å². The molecule has 1 aliphatic heterocycles. The second-order valence-electron chi connectivity index (χ2n) is 7.04. The molecule has 6 heteroatoms. The quantitative estimate of drug-likeness (QED) is 0.822. The lowest BCUT2D eigenvalue weighted by molar-refractivity contribution is 0.00578. The molecular weight excluding hydrogens is 281 g/mol. The van der Waals surface area contributed by atoms with Crippen LogP contribution in [0.3, 0.4) is 0 Å². The van der Waals surface area contributed by atoms with Gasteiger partial charge in [0.1, 0.15) is 0 Å². The van der Waals surface area contributed by atoms with Crippen LogP contribution in [0.25, 0.3) is 0 Å². The Morgan fingerprint density at radius 2 is 1.91 bits per heavy atom. The fourth-order valence-corrected chi connectivity index (χ4v) is 3.17. The van der Waals surface area contributed by atoms with Gasteiger partial charge in [-0.2, -0.15) is 0 Å². The molecule has 1 aromatic rings. The molecule has 3 rings (SSSR count). The first-order valence-electron chi connectivity index (χ1n) is 7.68. The molecule has 1 amide bonds. The summed E-state index contributed by atoms with van der Waals surface area (Å²) in [6.45, 7) is 8.13. The van der Waals surface area contributed by atoms with Gasteiger partial charge < -0.3 is 19.7 Å². The van der Waals surface area contributed by atoms with E-state index in [1.54, 1.807) is 0 Å². The Hall–Kier alpha value is -1.53. The zero-order valence-corrected chi connectivity index (χ0v) is 13.5. The number of rotatable bonds is 2. The van der Waals surface area contributed by atoms with Crippen molar-refractivity contribution in [3.05, 3.63) is 29.3 Å². The van der Waals surface area contributed by atoms with Crippen LogP contribution in [-0.2, 0) is 15.7 Å². The predicted octanol–water partition coefficient (Wildman–Crippen LogP) is 2.24. The van der Waals surface area contributed by atoms with Gasteiger partial charge in [-0.25, -0.2) is 4.79 Å². The van der Waals surface area contributed by atoms with Crippen LogP contribution in [0, 0.1) is 0 Å². The number of hydrogen-bond acceptors (Lipinski definition) is 3. The summed E-state index contributed by atoms with van der Waals surface area (Å²) >= 11 is 0. The van der Waals surface area contributed by atoms with E-state index in [9.17, 15) is 4.79 Å². The summed E-state index contributed by atoms with van der Waals surface area (Å²) in [5.41, 5.74) is 2.45. The third-order valence-corrected chi connectivity index (χ3v) is 5.11. The predicted molar refractivity (Wildman–Crippen MR) is 84.4 cm³/mol. The number of carboxylic acid groups (broad SMARTS) is 1. The average molecular weight is 303 g/mol. The Bertz CT molecular complexity index is 598. The molecule has 0 radical (unpaired) electrons. The topological polar surface area (TPSA) is 67.8 Å². The van der Waals surface area contributed by atoms with Crippen LogP contribution in [0.15, 0.2) is 18.2 Å². The summed E-state index contributed by atoms with van der Waals surface area (Å²) in [7, 11) is -0.400. The largest absolute Gasteiger partial charge is 0.495 e. The van der Waals surface area contributed by atoms with Crippen molar-refractivity contribution in [3.63, 3.8) is 0 Å². The lowest BCUT2D eigenvalue weighted by Crippen LogP contribution is -2.41. The number of hydrogen-bond donors (Lipinski definition) is 2. The Morgan fingerprint density at radius 3 is 2.50 bits per heavy atom. The number of benzene rings is 1. The van der Waals surface area contributed by atoms with Crippen LogP contribution in [0.5, 0.6) is 0 Å². The molecule has 0 spiro atoms. The lowest BCUT2D eigenvalue weighted by atomic mass is 9.75. The maximum atomic E-state index is 10.9. The molecule has 0 aromatic heterocycles. The van der Waals surface area contributed by atoms with E-state index in [1.807, 2.05) is 45.9 Å².